The summed E-state index contributed by atoms with van der Waals surface area (Å²) in [7, 11) is 1.68. The Hall–Kier alpha value is -1.81. The highest BCUT2D eigenvalue weighted by molar-refractivity contribution is 7.20. The molecule has 1 saturated heterocycles. The first-order valence-electron chi connectivity index (χ1n) is 11.6. The molecule has 8 nitrogen and oxygen atoms in total. The molecule has 1 aliphatic heterocycles. The molecule has 9 heteroatoms. The van der Waals surface area contributed by atoms with E-state index in [0.29, 0.717) is 13.2 Å². The molecule has 176 valence electrons. The monoisotopic (exact) mass is 461 g/mol. The molecule has 2 N–H and O–H groups in total. The van der Waals surface area contributed by atoms with E-state index >= 15 is 0 Å². The SMILES string of the molecule is COCC(C)Nc1ncnc2sc(C(=O)NCC3(N4CCOCC4)CCCCC3)c(C)c12. The van der Waals surface area contributed by atoms with Crippen molar-refractivity contribution in [3.05, 3.63) is 16.8 Å². The summed E-state index contributed by atoms with van der Waals surface area (Å²) in [4.78, 5) is 26.3. The number of morpholine rings is 1. The maximum Gasteiger partial charge on any atom is 0.261 e. The van der Waals surface area contributed by atoms with E-state index in [-0.39, 0.29) is 17.5 Å². The molecule has 1 atom stereocenters. The minimum Gasteiger partial charge on any atom is -0.383 e. The molecule has 0 radical (unpaired) electrons. The van der Waals surface area contributed by atoms with E-state index in [2.05, 4.69) is 25.5 Å². The Morgan fingerprint density at radius 2 is 2.03 bits per heavy atom. The Morgan fingerprint density at radius 3 is 2.75 bits per heavy atom. The number of carbonyl (C=O) groups is 1. The minimum atomic E-state index is -0.0143. The predicted octanol–water partition coefficient (Wildman–Crippen LogP) is 3.21. The Kier molecular flexibility index (Phi) is 7.60. The predicted molar refractivity (Wildman–Crippen MR) is 128 cm³/mol. The molecule has 2 aromatic heterocycles. The number of hydrogen-bond donors (Lipinski definition) is 2. The third-order valence-electron chi connectivity index (χ3n) is 6.78. The summed E-state index contributed by atoms with van der Waals surface area (Å²) >= 11 is 1.44. The largest absolute Gasteiger partial charge is 0.383 e. The number of aryl methyl sites for hydroxylation is 1. The molecule has 0 bridgehead atoms. The lowest BCUT2D eigenvalue weighted by molar-refractivity contribution is -0.0361. The fourth-order valence-corrected chi connectivity index (χ4v) is 6.17. The maximum absolute atomic E-state index is 13.3. The highest BCUT2D eigenvalue weighted by Crippen LogP contribution is 2.36. The number of nitrogens with one attached hydrogen (secondary N) is 2. The Bertz CT molecular complexity index is 922. The molecule has 1 amide bonds. The van der Waals surface area contributed by atoms with E-state index in [1.807, 2.05) is 13.8 Å². The summed E-state index contributed by atoms with van der Waals surface area (Å²) in [5, 5.41) is 7.60. The number of carbonyl (C=O) groups excluding carboxylic acids is 1. The zero-order chi connectivity index (χ0) is 22.6. The molecule has 1 aliphatic carbocycles. The van der Waals surface area contributed by atoms with Crippen LogP contribution in [0.4, 0.5) is 5.82 Å². The number of methoxy groups -OCH3 is 1. The number of hydrogen-bond acceptors (Lipinski definition) is 8. The Morgan fingerprint density at radius 1 is 1.28 bits per heavy atom. The van der Waals surface area contributed by atoms with Gasteiger partial charge in [0.1, 0.15) is 17.0 Å². The van der Waals surface area contributed by atoms with Gasteiger partial charge in [-0.15, -0.1) is 11.3 Å². The minimum absolute atomic E-state index is 0.0143. The van der Waals surface area contributed by atoms with Crippen LogP contribution in [0.15, 0.2) is 6.33 Å². The standard InChI is InChI=1S/C23H35N5O3S/c1-16(13-30-3)27-20-18-17(2)19(32-22(18)26-15-25-20)21(29)24-14-23(7-5-4-6-8-23)28-9-11-31-12-10-28/h15-16H,4-14H2,1-3H3,(H,24,29)(H,25,26,27). The lowest BCUT2D eigenvalue weighted by atomic mass is 9.79. The lowest BCUT2D eigenvalue weighted by Crippen LogP contribution is -2.59. The maximum atomic E-state index is 13.3. The van der Waals surface area contributed by atoms with E-state index in [1.165, 1.54) is 30.6 Å². The molecular weight excluding hydrogens is 426 g/mol. The molecule has 1 unspecified atom stereocenters. The molecule has 0 spiro atoms. The summed E-state index contributed by atoms with van der Waals surface area (Å²) in [5.41, 5.74) is 0.976. The first kappa shape index (κ1) is 23.4. The Balaban J connectivity index is 1.52. The first-order valence-corrected chi connectivity index (χ1v) is 12.5. The summed E-state index contributed by atoms with van der Waals surface area (Å²) in [6, 6.07) is 0.106. The van der Waals surface area contributed by atoms with Crippen LogP contribution in [-0.2, 0) is 9.47 Å². The van der Waals surface area contributed by atoms with Gasteiger partial charge in [0.25, 0.3) is 5.91 Å². The molecular formula is C23H35N5O3S. The van der Waals surface area contributed by atoms with Gasteiger partial charge in [0.15, 0.2) is 0 Å². The van der Waals surface area contributed by atoms with Crippen molar-refractivity contribution in [2.24, 2.45) is 0 Å². The molecule has 0 aromatic carbocycles. The van der Waals surface area contributed by atoms with Crippen molar-refractivity contribution in [1.82, 2.24) is 20.2 Å². The van der Waals surface area contributed by atoms with E-state index in [9.17, 15) is 4.79 Å². The first-order chi connectivity index (χ1) is 15.5. The highest BCUT2D eigenvalue weighted by atomic mass is 32.1. The third-order valence-corrected chi connectivity index (χ3v) is 7.98. The topological polar surface area (TPSA) is 88.6 Å². The van der Waals surface area contributed by atoms with Gasteiger partial charge in [0.2, 0.25) is 0 Å². The van der Waals surface area contributed by atoms with Crippen molar-refractivity contribution in [3.63, 3.8) is 0 Å². The van der Waals surface area contributed by atoms with Gasteiger partial charge in [-0.3, -0.25) is 9.69 Å². The van der Waals surface area contributed by atoms with Gasteiger partial charge < -0.3 is 20.1 Å². The molecule has 2 aromatic rings. The second-order valence-electron chi connectivity index (χ2n) is 9.03. The van der Waals surface area contributed by atoms with Crippen molar-refractivity contribution in [3.8, 4) is 0 Å². The summed E-state index contributed by atoms with van der Waals surface area (Å²) in [6.07, 6.45) is 7.55. The number of rotatable bonds is 8. The zero-order valence-electron chi connectivity index (χ0n) is 19.4. The lowest BCUT2D eigenvalue weighted by Gasteiger charge is -2.48. The number of amides is 1. The van der Waals surface area contributed by atoms with Gasteiger partial charge in [-0.25, -0.2) is 9.97 Å². The third kappa shape index (κ3) is 4.90. The van der Waals surface area contributed by atoms with E-state index in [0.717, 1.165) is 65.6 Å². The number of nitrogens with zero attached hydrogens (tertiary/aromatic N) is 3. The zero-order valence-corrected chi connectivity index (χ0v) is 20.2. The van der Waals surface area contributed by atoms with Gasteiger partial charge in [-0.2, -0.15) is 0 Å². The van der Waals surface area contributed by atoms with Crippen LogP contribution in [0, 0.1) is 6.92 Å². The fraction of sp³-hybridized carbons (Fsp3) is 0.696. The highest BCUT2D eigenvalue weighted by Gasteiger charge is 2.39. The fourth-order valence-electron chi connectivity index (χ4n) is 5.10. The quantitative estimate of drug-likeness (QED) is 0.624. The van der Waals surface area contributed by atoms with Crippen LogP contribution < -0.4 is 10.6 Å². The van der Waals surface area contributed by atoms with Crippen molar-refractivity contribution >= 4 is 33.3 Å². The molecule has 4 rings (SSSR count). The van der Waals surface area contributed by atoms with Gasteiger partial charge in [-0.1, -0.05) is 19.3 Å². The van der Waals surface area contributed by atoms with Crippen LogP contribution in [0.2, 0.25) is 0 Å². The number of ether oxygens (including phenoxy) is 2. The van der Waals surface area contributed by atoms with Crippen LogP contribution in [-0.4, -0.2) is 78.9 Å². The molecule has 2 fully saturated rings. The van der Waals surface area contributed by atoms with Crippen molar-refractivity contribution in [1.29, 1.82) is 0 Å². The number of thiophene rings is 1. The molecule has 2 aliphatic rings. The van der Waals surface area contributed by atoms with E-state index < -0.39 is 0 Å². The molecule has 32 heavy (non-hydrogen) atoms. The van der Waals surface area contributed by atoms with E-state index in [1.54, 1.807) is 13.4 Å². The van der Waals surface area contributed by atoms with Crippen molar-refractivity contribution < 1.29 is 14.3 Å². The second kappa shape index (κ2) is 10.4. The number of aromatic nitrogens is 2. The van der Waals surface area contributed by atoms with Gasteiger partial charge in [0.05, 0.1) is 30.1 Å². The summed E-state index contributed by atoms with van der Waals surface area (Å²) < 4.78 is 10.8. The van der Waals surface area contributed by atoms with Crippen LogP contribution >= 0.6 is 11.3 Å². The van der Waals surface area contributed by atoms with Crippen LogP contribution in [0.1, 0.15) is 54.3 Å². The summed E-state index contributed by atoms with van der Waals surface area (Å²) in [6.45, 7) is 8.74. The van der Waals surface area contributed by atoms with Gasteiger partial charge in [0, 0.05) is 38.3 Å². The molecule has 1 saturated carbocycles. The Labute approximate surface area is 194 Å². The number of anilines is 1. The van der Waals surface area contributed by atoms with Gasteiger partial charge in [-0.05, 0) is 32.3 Å². The van der Waals surface area contributed by atoms with Crippen LogP contribution in [0.3, 0.4) is 0 Å². The van der Waals surface area contributed by atoms with E-state index in [4.69, 9.17) is 9.47 Å². The number of fused-ring (bicyclic) bond motifs is 1. The second-order valence-corrected chi connectivity index (χ2v) is 10.0. The average molecular weight is 462 g/mol. The molecule has 3 heterocycles. The van der Waals surface area contributed by atoms with Crippen molar-refractivity contribution in [2.75, 3.05) is 51.9 Å². The smallest absolute Gasteiger partial charge is 0.261 e. The average Bonchev–Trinajstić information content (AvgIpc) is 3.16. The van der Waals surface area contributed by atoms with Gasteiger partial charge >= 0.3 is 0 Å². The summed E-state index contributed by atoms with van der Waals surface area (Å²) in [5.74, 6) is 0.740. The van der Waals surface area contributed by atoms with Crippen molar-refractivity contribution in [2.45, 2.75) is 57.5 Å². The van der Waals surface area contributed by atoms with Crippen LogP contribution in [0.5, 0.6) is 0 Å². The normalized spacial score (nSPS) is 20.2. The van der Waals surface area contributed by atoms with Crippen LogP contribution in [0.25, 0.3) is 10.2 Å².